The lowest BCUT2D eigenvalue weighted by atomic mass is 10.2. The Bertz CT molecular complexity index is 707. The predicted octanol–water partition coefficient (Wildman–Crippen LogP) is 3.08. The number of benzene rings is 2. The van der Waals surface area contributed by atoms with Crippen molar-refractivity contribution in [2.45, 2.75) is 19.3 Å². The zero-order valence-corrected chi connectivity index (χ0v) is 13.1. The number of sulfonamides is 1. The lowest BCUT2D eigenvalue weighted by Crippen LogP contribution is -2.16. The summed E-state index contributed by atoms with van der Waals surface area (Å²) in [5, 5.41) is 9.34. The summed E-state index contributed by atoms with van der Waals surface area (Å²) in [6, 6.07) is 12.0. The number of aryl methyl sites for hydroxylation is 1. The molecule has 0 fully saturated rings. The van der Waals surface area contributed by atoms with Crippen LogP contribution in [0.4, 0.5) is 5.69 Å². The number of hydrogen-bond acceptors (Lipinski definition) is 3. The molecule has 0 aromatic heterocycles. The molecular weight excluding hydrogens is 310 g/mol. The molecule has 2 N–H and O–H groups in total. The second kappa shape index (κ2) is 6.47. The highest BCUT2D eigenvalue weighted by Gasteiger charge is 2.15. The quantitative estimate of drug-likeness (QED) is 0.887. The van der Waals surface area contributed by atoms with Crippen LogP contribution in [0.3, 0.4) is 0 Å². The Hall–Kier alpha value is -1.56. The van der Waals surface area contributed by atoms with Crippen LogP contribution in [0, 0.1) is 6.92 Å². The third-order valence-electron chi connectivity index (χ3n) is 3.04. The third kappa shape index (κ3) is 4.20. The molecule has 0 bridgehead atoms. The highest BCUT2D eigenvalue weighted by molar-refractivity contribution is 7.91. The van der Waals surface area contributed by atoms with Gasteiger partial charge in [-0.2, -0.15) is 0 Å². The van der Waals surface area contributed by atoms with Crippen LogP contribution < -0.4 is 4.72 Å². The zero-order valence-electron chi connectivity index (χ0n) is 11.5. The molecule has 0 amide bonds. The molecule has 0 saturated heterocycles. The molecule has 0 saturated carbocycles. The smallest absolute Gasteiger partial charge is 0.236 e. The monoisotopic (exact) mass is 325 g/mol. The lowest BCUT2D eigenvalue weighted by Gasteiger charge is -2.12. The van der Waals surface area contributed by atoms with Gasteiger partial charge in [-0.05, 0) is 29.7 Å². The third-order valence-corrected chi connectivity index (χ3v) is 4.59. The molecule has 0 radical (unpaired) electrons. The SMILES string of the molecule is Cc1cccc(Cl)c1NS(=O)(=O)Cc1ccc(CO)cc1. The summed E-state index contributed by atoms with van der Waals surface area (Å²) in [6.07, 6.45) is 0. The highest BCUT2D eigenvalue weighted by Crippen LogP contribution is 2.26. The van der Waals surface area contributed by atoms with E-state index in [0.29, 0.717) is 16.3 Å². The number of hydrogen-bond donors (Lipinski definition) is 2. The average Bonchev–Trinajstić information content (AvgIpc) is 2.43. The normalized spacial score (nSPS) is 11.4. The summed E-state index contributed by atoms with van der Waals surface area (Å²) >= 11 is 6.02. The van der Waals surface area contributed by atoms with E-state index in [9.17, 15) is 8.42 Å². The van der Waals surface area contributed by atoms with Gasteiger partial charge in [0.1, 0.15) is 0 Å². The fourth-order valence-corrected chi connectivity index (χ4v) is 3.52. The molecule has 2 aromatic carbocycles. The molecule has 0 spiro atoms. The number of rotatable bonds is 5. The Morgan fingerprint density at radius 3 is 2.29 bits per heavy atom. The summed E-state index contributed by atoms with van der Waals surface area (Å²) in [5.74, 6) is -0.149. The second-order valence-corrected chi connectivity index (χ2v) is 6.90. The van der Waals surface area contributed by atoms with Gasteiger partial charge >= 0.3 is 0 Å². The molecule has 112 valence electrons. The average molecular weight is 326 g/mol. The first-order valence-corrected chi connectivity index (χ1v) is 8.38. The van der Waals surface area contributed by atoms with Crippen LogP contribution in [0.25, 0.3) is 0 Å². The summed E-state index contributed by atoms with van der Waals surface area (Å²) in [5.41, 5.74) is 2.56. The maximum absolute atomic E-state index is 12.2. The molecule has 6 heteroatoms. The van der Waals surface area contributed by atoms with E-state index in [0.717, 1.165) is 11.1 Å². The Morgan fingerprint density at radius 2 is 1.71 bits per heavy atom. The molecule has 21 heavy (non-hydrogen) atoms. The van der Waals surface area contributed by atoms with E-state index in [2.05, 4.69) is 4.72 Å². The summed E-state index contributed by atoms with van der Waals surface area (Å²) in [6.45, 7) is 1.73. The van der Waals surface area contributed by atoms with Crippen LogP contribution in [0.5, 0.6) is 0 Å². The van der Waals surface area contributed by atoms with Gasteiger partial charge in [0.25, 0.3) is 0 Å². The molecule has 4 nitrogen and oxygen atoms in total. The first kappa shape index (κ1) is 15.8. The van der Waals surface area contributed by atoms with Crippen LogP contribution >= 0.6 is 11.6 Å². The van der Waals surface area contributed by atoms with E-state index < -0.39 is 10.0 Å². The second-order valence-electron chi connectivity index (χ2n) is 4.77. The van der Waals surface area contributed by atoms with Gasteiger partial charge in [-0.1, -0.05) is 48.0 Å². The molecule has 0 aliphatic heterocycles. The van der Waals surface area contributed by atoms with Gasteiger partial charge in [-0.25, -0.2) is 8.42 Å². The Morgan fingerprint density at radius 1 is 1.10 bits per heavy atom. The van der Waals surface area contributed by atoms with Crippen molar-refractivity contribution in [3.8, 4) is 0 Å². The molecule has 0 unspecified atom stereocenters. The number of aliphatic hydroxyl groups excluding tert-OH is 1. The van der Waals surface area contributed by atoms with Crippen molar-refractivity contribution in [3.63, 3.8) is 0 Å². The summed E-state index contributed by atoms with van der Waals surface area (Å²) in [7, 11) is -3.55. The minimum Gasteiger partial charge on any atom is -0.392 e. The Kier molecular flexibility index (Phi) is 4.88. The molecule has 0 heterocycles. The van der Waals surface area contributed by atoms with Gasteiger partial charge in [0, 0.05) is 0 Å². The summed E-state index contributed by atoms with van der Waals surface area (Å²) < 4.78 is 26.9. The minimum atomic E-state index is -3.55. The van der Waals surface area contributed by atoms with Gasteiger partial charge in [0.15, 0.2) is 0 Å². The van der Waals surface area contributed by atoms with Gasteiger partial charge in [-0.15, -0.1) is 0 Å². The first-order chi connectivity index (χ1) is 9.91. The van der Waals surface area contributed by atoms with Crippen molar-refractivity contribution in [2.75, 3.05) is 4.72 Å². The van der Waals surface area contributed by atoms with E-state index in [4.69, 9.17) is 16.7 Å². The maximum atomic E-state index is 12.2. The van der Waals surface area contributed by atoms with E-state index in [1.165, 1.54) is 0 Å². The number of anilines is 1. The Balaban J connectivity index is 2.18. The van der Waals surface area contributed by atoms with Crippen molar-refractivity contribution >= 4 is 27.3 Å². The predicted molar refractivity (Wildman–Crippen MR) is 84.8 cm³/mol. The lowest BCUT2D eigenvalue weighted by molar-refractivity contribution is 0.282. The van der Waals surface area contributed by atoms with E-state index in [1.54, 1.807) is 49.4 Å². The standard InChI is InChI=1S/C15H16ClNO3S/c1-11-3-2-4-14(16)15(11)17-21(19,20)10-13-7-5-12(9-18)6-8-13/h2-8,17-18H,9-10H2,1H3. The first-order valence-electron chi connectivity index (χ1n) is 6.35. The molecule has 0 atom stereocenters. The number of para-hydroxylation sites is 1. The highest BCUT2D eigenvalue weighted by atomic mass is 35.5. The topological polar surface area (TPSA) is 66.4 Å². The Labute approximate surface area is 129 Å². The van der Waals surface area contributed by atoms with Gasteiger partial charge < -0.3 is 5.11 Å². The molecular formula is C15H16ClNO3S. The van der Waals surface area contributed by atoms with Crippen molar-refractivity contribution in [2.24, 2.45) is 0 Å². The van der Waals surface area contributed by atoms with Crippen LogP contribution in [0.1, 0.15) is 16.7 Å². The van der Waals surface area contributed by atoms with Crippen LogP contribution in [0.2, 0.25) is 5.02 Å². The van der Waals surface area contributed by atoms with E-state index in [-0.39, 0.29) is 12.4 Å². The number of aliphatic hydroxyl groups is 1. The van der Waals surface area contributed by atoms with Gasteiger partial charge in [0.05, 0.1) is 23.1 Å². The van der Waals surface area contributed by atoms with Crippen LogP contribution in [-0.2, 0) is 22.4 Å². The van der Waals surface area contributed by atoms with E-state index >= 15 is 0 Å². The van der Waals surface area contributed by atoms with Gasteiger partial charge in [0.2, 0.25) is 10.0 Å². The van der Waals surface area contributed by atoms with Crippen molar-refractivity contribution in [1.29, 1.82) is 0 Å². The number of halogens is 1. The van der Waals surface area contributed by atoms with Crippen molar-refractivity contribution in [1.82, 2.24) is 0 Å². The molecule has 2 aromatic rings. The fourth-order valence-electron chi connectivity index (χ4n) is 1.91. The molecule has 2 rings (SSSR count). The molecule has 0 aliphatic rings. The van der Waals surface area contributed by atoms with Crippen LogP contribution in [-0.4, -0.2) is 13.5 Å². The zero-order chi connectivity index (χ0) is 15.5. The van der Waals surface area contributed by atoms with Crippen molar-refractivity contribution in [3.05, 3.63) is 64.2 Å². The maximum Gasteiger partial charge on any atom is 0.236 e. The largest absolute Gasteiger partial charge is 0.392 e. The fraction of sp³-hybridized carbons (Fsp3) is 0.200. The number of nitrogens with one attached hydrogen (secondary N) is 1. The van der Waals surface area contributed by atoms with Gasteiger partial charge in [-0.3, -0.25) is 4.72 Å². The minimum absolute atomic E-state index is 0.0654. The van der Waals surface area contributed by atoms with E-state index in [1.807, 2.05) is 0 Å². The summed E-state index contributed by atoms with van der Waals surface area (Å²) in [4.78, 5) is 0. The molecule has 0 aliphatic carbocycles. The van der Waals surface area contributed by atoms with Crippen molar-refractivity contribution < 1.29 is 13.5 Å². The van der Waals surface area contributed by atoms with Crippen LogP contribution in [0.15, 0.2) is 42.5 Å².